The lowest BCUT2D eigenvalue weighted by atomic mass is 10.2. The van der Waals surface area contributed by atoms with E-state index in [-0.39, 0.29) is 12.0 Å². The van der Waals surface area contributed by atoms with Gasteiger partial charge in [0.1, 0.15) is 6.04 Å². The quantitative estimate of drug-likeness (QED) is 0.685. The summed E-state index contributed by atoms with van der Waals surface area (Å²) >= 11 is 2.23. The van der Waals surface area contributed by atoms with Gasteiger partial charge in [-0.25, -0.2) is 4.79 Å². The largest absolute Gasteiger partial charge is 0.464 e. The molecule has 82 valence electrons. The van der Waals surface area contributed by atoms with Crippen LogP contribution in [0, 0.1) is 3.57 Å². The molecule has 0 aliphatic carbocycles. The van der Waals surface area contributed by atoms with Gasteiger partial charge in [-0.05, 0) is 54.6 Å². The minimum Gasteiger partial charge on any atom is -0.464 e. The molecule has 0 aromatic heterocycles. The number of ether oxygens (including phenoxy) is 1. The standard InChI is InChI=1S/C11H14INO2/c1-3-15-11(14)8(2)13-10-6-4-5-9(12)7-10/h4-8,13H,3H2,1-2H3/t8-/m0/s1. The summed E-state index contributed by atoms with van der Waals surface area (Å²) in [5.74, 6) is -0.226. The highest BCUT2D eigenvalue weighted by Crippen LogP contribution is 2.13. The van der Waals surface area contributed by atoms with Crippen LogP contribution in [0.15, 0.2) is 24.3 Å². The van der Waals surface area contributed by atoms with Crippen LogP contribution in [0.1, 0.15) is 13.8 Å². The molecule has 3 nitrogen and oxygen atoms in total. The van der Waals surface area contributed by atoms with E-state index in [9.17, 15) is 4.79 Å². The summed E-state index contributed by atoms with van der Waals surface area (Å²) in [6, 6.07) is 7.54. The van der Waals surface area contributed by atoms with Gasteiger partial charge < -0.3 is 10.1 Å². The molecule has 0 aliphatic rings. The van der Waals surface area contributed by atoms with Gasteiger partial charge in [-0.3, -0.25) is 0 Å². The Balaban J connectivity index is 2.58. The molecule has 1 N–H and O–H groups in total. The molecule has 4 heteroatoms. The monoisotopic (exact) mass is 319 g/mol. The highest BCUT2D eigenvalue weighted by molar-refractivity contribution is 14.1. The molecule has 1 aromatic carbocycles. The Morgan fingerprint density at radius 3 is 2.93 bits per heavy atom. The van der Waals surface area contributed by atoms with Gasteiger partial charge >= 0.3 is 5.97 Å². The van der Waals surface area contributed by atoms with Crippen LogP contribution in [0.3, 0.4) is 0 Å². The molecule has 1 atom stereocenters. The van der Waals surface area contributed by atoms with Crippen molar-refractivity contribution in [2.75, 3.05) is 11.9 Å². The lowest BCUT2D eigenvalue weighted by Crippen LogP contribution is -2.28. The Morgan fingerprint density at radius 1 is 1.60 bits per heavy atom. The first-order valence-corrected chi connectivity index (χ1v) is 5.90. The number of nitrogens with one attached hydrogen (secondary N) is 1. The lowest BCUT2D eigenvalue weighted by molar-refractivity contribution is -0.143. The van der Waals surface area contributed by atoms with Crippen molar-refractivity contribution in [2.45, 2.75) is 19.9 Å². The second-order valence-corrected chi connectivity index (χ2v) is 4.37. The molecular weight excluding hydrogens is 305 g/mol. The van der Waals surface area contributed by atoms with Crippen LogP contribution in [-0.4, -0.2) is 18.6 Å². The van der Waals surface area contributed by atoms with Gasteiger partial charge in [-0.15, -0.1) is 0 Å². The zero-order valence-electron chi connectivity index (χ0n) is 8.79. The summed E-state index contributed by atoms with van der Waals surface area (Å²) in [4.78, 5) is 11.3. The number of esters is 1. The number of hydrogen-bond donors (Lipinski definition) is 1. The lowest BCUT2D eigenvalue weighted by Gasteiger charge is -2.13. The molecule has 1 aromatic rings. The number of halogens is 1. The SMILES string of the molecule is CCOC(=O)[C@H](C)Nc1cccc(I)c1. The molecule has 0 radical (unpaired) electrons. The summed E-state index contributed by atoms with van der Waals surface area (Å²) in [5.41, 5.74) is 0.933. The van der Waals surface area contributed by atoms with Crippen LogP contribution >= 0.6 is 22.6 Å². The number of rotatable bonds is 4. The summed E-state index contributed by atoms with van der Waals surface area (Å²) in [6.45, 7) is 4.01. The Labute approximate surface area is 103 Å². The highest BCUT2D eigenvalue weighted by atomic mass is 127. The van der Waals surface area contributed by atoms with Crippen molar-refractivity contribution in [3.63, 3.8) is 0 Å². The van der Waals surface area contributed by atoms with E-state index in [2.05, 4.69) is 27.9 Å². The molecule has 0 saturated heterocycles. The molecule has 0 saturated carbocycles. The first-order chi connectivity index (χ1) is 7.13. The van der Waals surface area contributed by atoms with Gasteiger partial charge in [0.05, 0.1) is 6.61 Å². The third-order valence-electron chi connectivity index (χ3n) is 1.85. The predicted molar refractivity (Wildman–Crippen MR) is 68.9 cm³/mol. The van der Waals surface area contributed by atoms with Gasteiger partial charge in [0, 0.05) is 9.26 Å². The third kappa shape index (κ3) is 4.07. The Hall–Kier alpha value is -0.780. The van der Waals surface area contributed by atoms with Crippen molar-refractivity contribution in [3.8, 4) is 0 Å². The number of benzene rings is 1. The summed E-state index contributed by atoms with van der Waals surface area (Å²) in [6.07, 6.45) is 0. The van der Waals surface area contributed by atoms with Crippen LogP contribution in [-0.2, 0) is 9.53 Å². The van der Waals surface area contributed by atoms with Crippen molar-refractivity contribution < 1.29 is 9.53 Å². The second-order valence-electron chi connectivity index (χ2n) is 3.13. The smallest absolute Gasteiger partial charge is 0.328 e. The average Bonchev–Trinajstić information content (AvgIpc) is 2.18. The normalized spacial score (nSPS) is 11.9. The molecule has 0 spiro atoms. The molecule has 0 unspecified atom stereocenters. The Morgan fingerprint density at radius 2 is 2.33 bits per heavy atom. The first kappa shape index (κ1) is 12.3. The number of carbonyl (C=O) groups is 1. The topological polar surface area (TPSA) is 38.3 Å². The van der Waals surface area contributed by atoms with Crippen LogP contribution < -0.4 is 5.32 Å². The van der Waals surface area contributed by atoms with E-state index in [0.29, 0.717) is 6.61 Å². The van der Waals surface area contributed by atoms with Gasteiger partial charge in [-0.1, -0.05) is 6.07 Å². The predicted octanol–water partition coefficient (Wildman–Crippen LogP) is 2.65. The first-order valence-electron chi connectivity index (χ1n) is 4.82. The molecule has 15 heavy (non-hydrogen) atoms. The van der Waals surface area contributed by atoms with Crippen LogP contribution in [0.2, 0.25) is 0 Å². The van der Waals surface area contributed by atoms with E-state index < -0.39 is 0 Å². The van der Waals surface area contributed by atoms with Crippen LogP contribution in [0.25, 0.3) is 0 Å². The summed E-state index contributed by atoms with van der Waals surface area (Å²) in [5, 5.41) is 3.09. The fourth-order valence-corrected chi connectivity index (χ4v) is 1.70. The van der Waals surface area contributed by atoms with Gasteiger partial charge in [0.15, 0.2) is 0 Å². The van der Waals surface area contributed by atoms with E-state index >= 15 is 0 Å². The van der Waals surface area contributed by atoms with E-state index in [1.807, 2.05) is 24.3 Å². The Kier molecular flexibility index (Phi) is 4.87. The third-order valence-corrected chi connectivity index (χ3v) is 2.52. The van der Waals surface area contributed by atoms with E-state index in [4.69, 9.17) is 4.74 Å². The second kappa shape index (κ2) is 5.95. The molecule has 0 bridgehead atoms. The molecule has 0 amide bonds. The summed E-state index contributed by atoms with van der Waals surface area (Å²) < 4.78 is 6.04. The molecular formula is C11H14INO2. The summed E-state index contributed by atoms with van der Waals surface area (Å²) in [7, 11) is 0. The maximum atomic E-state index is 11.3. The van der Waals surface area contributed by atoms with Gasteiger partial charge in [-0.2, -0.15) is 0 Å². The van der Waals surface area contributed by atoms with Crippen molar-refractivity contribution in [2.24, 2.45) is 0 Å². The van der Waals surface area contributed by atoms with Crippen LogP contribution in [0.4, 0.5) is 5.69 Å². The fourth-order valence-electron chi connectivity index (χ4n) is 1.15. The van der Waals surface area contributed by atoms with Crippen molar-refractivity contribution in [3.05, 3.63) is 27.8 Å². The highest BCUT2D eigenvalue weighted by Gasteiger charge is 2.12. The number of hydrogen-bond acceptors (Lipinski definition) is 3. The van der Waals surface area contributed by atoms with Crippen molar-refractivity contribution >= 4 is 34.2 Å². The zero-order chi connectivity index (χ0) is 11.3. The molecule has 1 rings (SSSR count). The minimum atomic E-state index is -0.317. The van der Waals surface area contributed by atoms with Gasteiger partial charge in [0.2, 0.25) is 0 Å². The maximum Gasteiger partial charge on any atom is 0.328 e. The fraction of sp³-hybridized carbons (Fsp3) is 0.364. The average molecular weight is 319 g/mol. The van der Waals surface area contributed by atoms with Crippen LogP contribution in [0.5, 0.6) is 0 Å². The maximum absolute atomic E-state index is 11.3. The molecule has 0 heterocycles. The van der Waals surface area contributed by atoms with Gasteiger partial charge in [0.25, 0.3) is 0 Å². The number of carbonyl (C=O) groups excluding carboxylic acids is 1. The Bertz CT molecular complexity index is 341. The number of anilines is 1. The van der Waals surface area contributed by atoms with E-state index in [1.165, 1.54) is 0 Å². The minimum absolute atomic E-state index is 0.226. The molecule has 0 fully saturated rings. The van der Waals surface area contributed by atoms with E-state index in [1.54, 1.807) is 13.8 Å². The zero-order valence-corrected chi connectivity index (χ0v) is 10.9. The van der Waals surface area contributed by atoms with Crippen molar-refractivity contribution in [1.82, 2.24) is 0 Å². The molecule has 0 aliphatic heterocycles. The van der Waals surface area contributed by atoms with Crippen molar-refractivity contribution in [1.29, 1.82) is 0 Å². The van der Waals surface area contributed by atoms with E-state index in [0.717, 1.165) is 9.26 Å².